The van der Waals surface area contributed by atoms with Crippen LogP contribution in [0.2, 0.25) is 0 Å². The lowest BCUT2D eigenvalue weighted by Crippen LogP contribution is -2.37. The van der Waals surface area contributed by atoms with E-state index >= 15 is 0 Å². The van der Waals surface area contributed by atoms with Gasteiger partial charge in [0.15, 0.2) is 17.3 Å². The smallest absolute Gasteiger partial charge is 0.252 e. The quantitative estimate of drug-likeness (QED) is 0.308. The average molecular weight is 537 g/mol. The minimum Gasteiger partial charge on any atom is -0.493 e. The molecule has 206 valence electrons. The summed E-state index contributed by atoms with van der Waals surface area (Å²) in [5, 5.41) is 13.4. The van der Waals surface area contributed by atoms with Gasteiger partial charge in [0.2, 0.25) is 0 Å². The van der Waals surface area contributed by atoms with E-state index in [0.29, 0.717) is 54.5 Å². The number of rotatable bonds is 11. The van der Waals surface area contributed by atoms with Crippen LogP contribution in [0.1, 0.15) is 49.2 Å². The number of hydrogen-bond acceptors (Lipinski definition) is 8. The molecule has 0 bridgehead atoms. The summed E-state index contributed by atoms with van der Waals surface area (Å²) in [6, 6.07) is 11.7. The van der Waals surface area contributed by atoms with Gasteiger partial charge in [-0.3, -0.25) is 9.69 Å². The molecule has 10 nitrogen and oxygen atoms in total. The van der Waals surface area contributed by atoms with Gasteiger partial charge in [0.25, 0.3) is 5.56 Å². The van der Waals surface area contributed by atoms with Crippen molar-refractivity contribution in [3.63, 3.8) is 0 Å². The molecule has 0 radical (unpaired) electrons. The molecule has 1 saturated heterocycles. The van der Waals surface area contributed by atoms with Gasteiger partial charge >= 0.3 is 0 Å². The van der Waals surface area contributed by atoms with Crippen LogP contribution < -0.4 is 15.0 Å². The SMILES string of the molecule is CC[C@H](c1nnnn1Cc1ccc(F)cc1)N(Cc1cc2cc(OC)c(OC)cc2[nH]c1=O)C[C@@H]1CCCO1. The molecule has 1 fully saturated rings. The lowest BCUT2D eigenvalue weighted by Gasteiger charge is -2.32. The maximum Gasteiger partial charge on any atom is 0.252 e. The molecule has 2 aromatic heterocycles. The van der Waals surface area contributed by atoms with E-state index in [1.54, 1.807) is 37.1 Å². The fraction of sp³-hybridized carbons (Fsp3) is 0.429. The number of tetrazole rings is 1. The standard InChI is InChI=1S/C28H33FN6O4/c1-4-24(27-31-32-33-35(27)15-18-7-9-21(29)10-8-18)34(17-22-6-5-11-39-22)16-20-12-19-13-25(37-2)26(38-3)14-23(19)30-28(20)36/h7-10,12-14,22,24H,4-6,11,15-17H2,1-3H3,(H,30,36)/t22-,24+/m0/s1. The lowest BCUT2D eigenvalue weighted by molar-refractivity contribution is 0.0489. The van der Waals surface area contributed by atoms with Crippen LogP contribution in [0.5, 0.6) is 11.5 Å². The molecule has 0 spiro atoms. The zero-order valence-corrected chi connectivity index (χ0v) is 22.4. The molecule has 2 atom stereocenters. The fourth-order valence-corrected chi connectivity index (χ4v) is 5.20. The van der Waals surface area contributed by atoms with Crippen LogP contribution in [0.15, 0.2) is 47.3 Å². The summed E-state index contributed by atoms with van der Waals surface area (Å²) in [5.74, 6) is 1.53. The van der Waals surface area contributed by atoms with Crippen LogP contribution in [-0.4, -0.2) is 63.6 Å². The molecular formula is C28H33FN6O4. The first-order chi connectivity index (χ1) is 19.0. The van der Waals surface area contributed by atoms with Crippen LogP contribution in [0.25, 0.3) is 10.9 Å². The lowest BCUT2D eigenvalue weighted by atomic mass is 10.1. The largest absolute Gasteiger partial charge is 0.493 e. The fourth-order valence-electron chi connectivity index (χ4n) is 5.20. The highest BCUT2D eigenvalue weighted by atomic mass is 19.1. The Kier molecular flexibility index (Phi) is 8.18. The topological polar surface area (TPSA) is 107 Å². The Morgan fingerprint density at radius 3 is 2.64 bits per heavy atom. The molecule has 2 aromatic carbocycles. The second-order valence-corrected chi connectivity index (χ2v) is 9.73. The Morgan fingerprint density at radius 1 is 1.18 bits per heavy atom. The van der Waals surface area contributed by atoms with Crippen LogP contribution in [0.4, 0.5) is 4.39 Å². The van der Waals surface area contributed by atoms with Crippen molar-refractivity contribution in [1.29, 1.82) is 0 Å². The van der Waals surface area contributed by atoms with Gasteiger partial charge in [0.05, 0.1) is 38.4 Å². The van der Waals surface area contributed by atoms with Gasteiger partial charge in [-0.05, 0) is 59.5 Å². The summed E-state index contributed by atoms with van der Waals surface area (Å²) in [6.45, 7) is 4.22. The number of pyridine rings is 1. The van der Waals surface area contributed by atoms with E-state index in [-0.39, 0.29) is 23.5 Å². The van der Waals surface area contributed by atoms with Gasteiger partial charge in [0.1, 0.15) is 5.82 Å². The van der Waals surface area contributed by atoms with Crippen molar-refractivity contribution in [3.05, 3.63) is 75.6 Å². The van der Waals surface area contributed by atoms with Gasteiger partial charge in [-0.1, -0.05) is 19.1 Å². The minimum atomic E-state index is -0.290. The molecule has 11 heteroatoms. The first-order valence-corrected chi connectivity index (χ1v) is 13.1. The number of methoxy groups -OCH3 is 2. The number of fused-ring (bicyclic) bond motifs is 1. The zero-order valence-electron chi connectivity index (χ0n) is 22.4. The van der Waals surface area contributed by atoms with Crippen molar-refractivity contribution in [3.8, 4) is 11.5 Å². The molecule has 3 heterocycles. The van der Waals surface area contributed by atoms with E-state index in [1.807, 2.05) is 12.1 Å². The molecule has 0 aliphatic carbocycles. The van der Waals surface area contributed by atoms with Crippen LogP contribution in [0, 0.1) is 5.82 Å². The number of hydrogen-bond donors (Lipinski definition) is 1. The van der Waals surface area contributed by atoms with Crippen molar-refractivity contribution < 1.29 is 18.6 Å². The maximum absolute atomic E-state index is 13.4. The second kappa shape index (κ2) is 11.9. The van der Waals surface area contributed by atoms with E-state index in [1.165, 1.54) is 12.1 Å². The highest BCUT2D eigenvalue weighted by Gasteiger charge is 2.29. The van der Waals surface area contributed by atoms with Crippen molar-refractivity contribution in [2.45, 2.75) is 51.4 Å². The normalized spacial score (nSPS) is 16.2. The molecule has 4 aromatic rings. The van der Waals surface area contributed by atoms with E-state index in [2.05, 4.69) is 32.3 Å². The van der Waals surface area contributed by atoms with Crippen molar-refractivity contribution in [1.82, 2.24) is 30.1 Å². The number of aromatic amines is 1. The van der Waals surface area contributed by atoms with Gasteiger partial charge in [-0.15, -0.1) is 5.10 Å². The zero-order chi connectivity index (χ0) is 27.4. The van der Waals surface area contributed by atoms with Gasteiger partial charge in [-0.2, -0.15) is 0 Å². The van der Waals surface area contributed by atoms with Crippen LogP contribution in [0.3, 0.4) is 0 Å². The van der Waals surface area contributed by atoms with E-state index in [9.17, 15) is 9.18 Å². The Labute approximate surface area is 225 Å². The van der Waals surface area contributed by atoms with Gasteiger partial charge in [-0.25, -0.2) is 9.07 Å². The molecule has 0 amide bonds. The number of H-pyrrole nitrogens is 1. The van der Waals surface area contributed by atoms with Gasteiger partial charge in [0, 0.05) is 36.7 Å². The van der Waals surface area contributed by atoms with E-state index in [0.717, 1.165) is 30.4 Å². The van der Waals surface area contributed by atoms with Crippen LogP contribution >= 0.6 is 0 Å². The number of benzene rings is 2. The highest BCUT2D eigenvalue weighted by Crippen LogP contribution is 2.32. The molecule has 0 unspecified atom stereocenters. The summed E-state index contributed by atoms with van der Waals surface area (Å²) in [6.07, 6.45) is 2.74. The average Bonchev–Trinajstić information content (AvgIpc) is 3.62. The molecule has 1 aliphatic heterocycles. The molecule has 1 N–H and O–H groups in total. The minimum absolute atomic E-state index is 0.0596. The summed E-state index contributed by atoms with van der Waals surface area (Å²) in [5.41, 5.74) is 2.00. The Bertz CT molecular complexity index is 1470. The summed E-state index contributed by atoms with van der Waals surface area (Å²) in [7, 11) is 3.15. The summed E-state index contributed by atoms with van der Waals surface area (Å²) < 4.78 is 32.0. The van der Waals surface area contributed by atoms with Crippen LogP contribution in [-0.2, 0) is 17.8 Å². The Morgan fingerprint density at radius 2 is 1.95 bits per heavy atom. The third-order valence-electron chi connectivity index (χ3n) is 7.19. The summed E-state index contributed by atoms with van der Waals surface area (Å²) in [4.78, 5) is 18.5. The predicted octanol–water partition coefficient (Wildman–Crippen LogP) is 3.85. The Hall–Kier alpha value is -3.83. The monoisotopic (exact) mass is 536 g/mol. The van der Waals surface area contributed by atoms with E-state index < -0.39 is 0 Å². The number of nitrogens with one attached hydrogen (secondary N) is 1. The number of ether oxygens (including phenoxy) is 3. The predicted molar refractivity (Wildman–Crippen MR) is 143 cm³/mol. The molecule has 5 rings (SSSR count). The second-order valence-electron chi connectivity index (χ2n) is 9.73. The number of nitrogens with zero attached hydrogens (tertiary/aromatic N) is 5. The van der Waals surface area contributed by atoms with Crippen molar-refractivity contribution in [2.75, 3.05) is 27.4 Å². The summed E-state index contributed by atoms with van der Waals surface area (Å²) >= 11 is 0. The molecular weight excluding hydrogens is 503 g/mol. The van der Waals surface area contributed by atoms with E-state index in [4.69, 9.17) is 14.2 Å². The number of halogens is 1. The van der Waals surface area contributed by atoms with Gasteiger partial charge < -0.3 is 19.2 Å². The molecule has 0 saturated carbocycles. The number of aromatic nitrogens is 5. The first kappa shape index (κ1) is 26.8. The maximum atomic E-state index is 13.4. The molecule has 1 aliphatic rings. The third kappa shape index (κ3) is 5.94. The van der Waals surface area contributed by atoms with Crippen molar-refractivity contribution >= 4 is 10.9 Å². The first-order valence-electron chi connectivity index (χ1n) is 13.1. The third-order valence-corrected chi connectivity index (χ3v) is 7.19. The molecule has 39 heavy (non-hydrogen) atoms. The highest BCUT2D eigenvalue weighted by molar-refractivity contribution is 5.83. The van der Waals surface area contributed by atoms with Crippen molar-refractivity contribution in [2.24, 2.45) is 0 Å². The Balaban J connectivity index is 1.48.